The monoisotopic (exact) mass is 207 g/mol. The van der Waals surface area contributed by atoms with Gasteiger partial charge in [0, 0.05) is 11.1 Å². The molecule has 0 saturated carbocycles. The fraction of sp³-hybridized carbons (Fsp3) is 0.182. The third-order valence-electron chi connectivity index (χ3n) is 2.22. The third kappa shape index (κ3) is 1.53. The van der Waals surface area contributed by atoms with E-state index in [2.05, 4.69) is 4.98 Å². The quantitative estimate of drug-likeness (QED) is 0.717. The van der Waals surface area contributed by atoms with Crippen molar-refractivity contribution in [2.45, 2.75) is 12.8 Å². The molecule has 1 heterocycles. The maximum atomic E-state index is 11.4. The molecule has 14 heavy (non-hydrogen) atoms. The van der Waals surface area contributed by atoms with Gasteiger partial charge in [0.2, 0.25) is 0 Å². The minimum atomic E-state index is -0.101. The van der Waals surface area contributed by atoms with Crippen molar-refractivity contribution < 1.29 is 0 Å². The van der Waals surface area contributed by atoms with Crippen LogP contribution in [-0.4, -0.2) is 4.98 Å². The fourth-order valence-corrected chi connectivity index (χ4v) is 1.67. The summed E-state index contributed by atoms with van der Waals surface area (Å²) in [5.74, 6) is 0.249. The van der Waals surface area contributed by atoms with Gasteiger partial charge in [0.25, 0.3) is 5.56 Å². The van der Waals surface area contributed by atoms with Crippen LogP contribution in [0, 0.1) is 6.92 Å². The highest BCUT2D eigenvalue weighted by Crippen LogP contribution is 2.13. The zero-order valence-corrected chi connectivity index (χ0v) is 8.56. The first-order chi connectivity index (χ1) is 6.70. The van der Waals surface area contributed by atoms with Crippen molar-refractivity contribution in [1.82, 2.24) is 4.98 Å². The van der Waals surface area contributed by atoms with Gasteiger partial charge in [-0.25, -0.2) is 0 Å². The van der Waals surface area contributed by atoms with Crippen LogP contribution < -0.4 is 5.56 Å². The number of hydrogen-bond donors (Lipinski definition) is 1. The minimum Gasteiger partial charge on any atom is -0.322 e. The molecule has 0 bridgehead atoms. The maximum absolute atomic E-state index is 11.4. The van der Waals surface area contributed by atoms with E-state index in [1.54, 1.807) is 0 Å². The Hall–Kier alpha value is -1.28. The first kappa shape index (κ1) is 9.28. The molecule has 0 radical (unpaired) electrons. The van der Waals surface area contributed by atoms with Gasteiger partial charge in [-0.2, -0.15) is 0 Å². The van der Waals surface area contributed by atoms with Gasteiger partial charge in [0.05, 0.1) is 5.88 Å². The Morgan fingerprint density at radius 3 is 2.86 bits per heavy atom. The molecular formula is C11H10ClNO. The second kappa shape index (κ2) is 3.46. The lowest BCUT2D eigenvalue weighted by Crippen LogP contribution is -2.10. The number of hydrogen-bond acceptors (Lipinski definition) is 1. The summed E-state index contributed by atoms with van der Waals surface area (Å²) in [4.78, 5) is 14.2. The van der Waals surface area contributed by atoms with Gasteiger partial charge in [0.1, 0.15) is 0 Å². The number of aromatic nitrogens is 1. The largest absolute Gasteiger partial charge is 0.322 e. The summed E-state index contributed by atoms with van der Waals surface area (Å²) < 4.78 is 0. The van der Waals surface area contributed by atoms with Crippen LogP contribution in [-0.2, 0) is 5.88 Å². The van der Waals surface area contributed by atoms with Gasteiger partial charge >= 0.3 is 0 Å². The Kier molecular flexibility index (Phi) is 2.30. The Labute approximate surface area is 86.5 Å². The summed E-state index contributed by atoms with van der Waals surface area (Å²) in [5, 5.41) is 1.03. The van der Waals surface area contributed by atoms with Crippen LogP contribution >= 0.6 is 11.6 Å². The summed E-state index contributed by atoms with van der Waals surface area (Å²) in [7, 11) is 0. The zero-order chi connectivity index (χ0) is 10.1. The van der Waals surface area contributed by atoms with Crippen LogP contribution in [0.15, 0.2) is 29.1 Å². The summed E-state index contributed by atoms with van der Waals surface area (Å²) in [6, 6.07) is 7.75. The minimum absolute atomic E-state index is 0.101. The van der Waals surface area contributed by atoms with Gasteiger partial charge in [-0.15, -0.1) is 11.6 Å². The molecule has 0 unspecified atom stereocenters. The Morgan fingerprint density at radius 2 is 2.14 bits per heavy atom. The highest BCUT2D eigenvalue weighted by Gasteiger charge is 2.01. The molecule has 1 aromatic heterocycles. The highest BCUT2D eigenvalue weighted by atomic mass is 35.5. The molecule has 0 amide bonds. The number of H-pyrrole nitrogens is 1. The average molecular weight is 208 g/mol. The van der Waals surface area contributed by atoms with E-state index in [0.717, 1.165) is 10.9 Å². The molecule has 0 atom stereocenters. The van der Waals surface area contributed by atoms with Crippen molar-refractivity contribution in [2.75, 3.05) is 0 Å². The molecule has 72 valence electrons. The number of nitrogens with one attached hydrogen (secondary N) is 1. The van der Waals surface area contributed by atoms with Crippen LogP contribution in [0.1, 0.15) is 11.1 Å². The lowest BCUT2D eigenvalue weighted by Gasteiger charge is -2.01. The van der Waals surface area contributed by atoms with Crippen LogP contribution in [0.5, 0.6) is 0 Å². The number of fused-ring (bicyclic) bond motifs is 1. The van der Waals surface area contributed by atoms with E-state index in [4.69, 9.17) is 11.6 Å². The molecule has 2 rings (SSSR count). The SMILES string of the molecule is Cc1ccc2[nH]c(=O)c(CCl)cc2c1. The van der Waals surface area contributed by atoms with Gasteiger partial charge < -0.3 is 4.98 Å². The van der Waals surface area contributed by atoms with E-state index in [-0.39, 0.29) is 11.4 Å². The number of pyridine rings is 1. The number of rotatable bonds is 1. The average Bonchev–Trinajstić information content (AvgIpc) is 2.17. The van der Waals surface area contributed by atoms with E-state index in [1.165, 1.54) is 5.56 Å². The molecule has 1 aromatic carbocycles. The second-order valence-electron chi connectivity index (χ2n) is 3.35. The Balaban J connectivity index is 2.80. The second-order valence-corrected chi connectivity index (χ2v) is 3.62. The molecule has 0 aliphatic carbocycles. The van der Waals surface area contributed by atoms with Gasteiger partial charge in [-0.3, -0.25) is 4.79 Å². The van der Waals surface area contributed by atoms with E-state index in [0.29, 0.717) is 5.56 Å². The lowest BCUT2D eigenvalue weighted by atomic mass is 10.1. The van der Waals surface area contributed by atoms with Gasteiger partial charge in [-0.1, -0.05) is 11.6 Å². The number of alkyl halides is 1. The Morgan fingerprint density at radius 1 is 1.36 bits per heavy atom. The van der Waals surface area contributed by atoms with Crippen molar-refractivity contribution in [2.24, 2.45) is 0 Å². The number of aromatic amines is 1. The zero-order valence-electron chi connectivity index (χ0n) is 7.80. The molecule has 2 aromatic rings. The van der Waals surface area contributed by atoms with Crippen molar-refractivity contribution >= 4 is 22.5 Å². The molecule has 0 saturated heterocycles. The van der Waals surface area contributed by atoms with E-state index >= 15 is 0 Å². The van der Waals surface area contributed by atoms with Crippen LogP contribution in [0.2, 0.25) is 0 Å². The Bertz CT molecular complexity index is 530. The van der Waals surface area contributed by atoms with E-state index in [1.807, 2.05) is 31.2 Å². The smallest absolute Gasteiger partial charge is 0.252 e. The maximum Gasteiger partial charge on any atom is 0.252 e. The molecular weight excluding hydrogens is 198 g/mol. The summed E-state index contributed by atoms with van der Waals surface area (Å²) in [5.41, 5.74) is 2.54. The van der Waals surface area contributed by atoms with E-state index < -0.39 is 0 Å². The van der Waals surface area contributed by atoms with E-state index in [9.17, 15) is 4.79 Å². The predicted octanol–water partition coefficient (Wildman–Crippen LogP) is 2.58. The van der Waals surface area contributed by atoms with Crippen LogP contribution in [0.4, 0.5) is 0 Å². The lowest BCUT2D eigenvalue weighted by molar-refractivity contribution is 1.21. The molecule has 0 fully saturated rings. The van der Waals surface area contributed by atoms with Crippen LogP contribution in [0.25, 0.3) is 10.9 Å². The normalized spacial score (nSPS) is 10.7. The van der Waals surface area contributed by atoms with Crippen molar-refractivity contribution in [3.63, 3.8) is 0 Å². The third-order valence-corrected chi connectivity index (χ3v) is 2.51. The number of benzene rings is 1. The highest BCUT2D eigenvalue weighted by molar-refractivity contribution is 6.17. The van der Waals surface area contributed by atoms with Crippen molar-refractivity contribution in [3.8, 4) is 0 Å². The van der Waals surface area contributed by atoms with Gasteiger partial charge in [-0.05, 0) is 30.5 Å². The molecule has 0 aliphatic rings. The van der Waals surface area contributed by atoms with Gasteiger partial charge in [0.15, 0.2) is 0 Å². The molecule has 0 spiro atoms. The molecule has 2 nitrogen and oxygen atoms in total. The molecule has 0 aliphatic heterocycles. The van der Waals surface area contributed by atoms with Crippen molar-refractivity contribution in [3.05, 3.63) is 45.7 Å². The fourth-order valence-electron chi connectivity index (χ4n) is 1.47. The number of halogens is 1. The molecule has 3 heteroatoms. The first-order valence-electron chi connectivity index (χ1n) is 4.39. The summed E-state index contributed by atoms with van der Waals surface area (Å²) >= 11 is 5.65. The predicted molar refractivity (Wildman–Crippen MR) is 58.9 cm³/mol. The standard InChI is InChI=1S/C11H10ClNO/c1-7-2-3-10-8(4-7)5-9(6-12)11(14)13-10/h2-5H,6H2,1H3,(H,13,14). The topological polar surface area (TPSA) is 32.9 Å². The summed E-state index contributed by atoms with van der Waals surface area (Å²) in [6.45, 7) is 2.02. The molecule has 1 N–H and O–H groups in total. The van der Waals surface area contributed by atoms with Crippen molar-refractivity contribution in [1.29, 1.82) is 0 Å². The number of aryl methyl sites for hydroxylation is 1. The summed E-state index contributed by atoms with van der Waals surface area (Å²) in [6.07, 6.45) is 0. The van der Waals surface area contributed by atoms with Crippen LogP contribution in [0.3, 0.4) is 0 Å². The first-order valence-corrected chi connectivity index (χ1v) is 4.92.